The molecule has 1 fully saturated rings. The number of thioether (sulfide) groups is 1. The first-order chi connectivity index (χ1) is 16.0. The van der Waals surface area contributed by atoms with Crippen LogP contribution >= 0.6 is 39.9 Å². The van der Waals surface area contributed by atoms with E-state index in [0.29, 0.717) is 22.4 Å². The number of hydrogen-bond donors (Lipinski definition) is 0. The van der Waals surface area contributed by atoms with Gasteiger partial charge in [-0.3, -0.25) is 9.69 Å². The van der Waals surface area contributed by atoms with Crippen molar-refractivity contribution in [2.45, 2.75) is 13.1 Å². The average Bonchev–Trinajstić information content (AvgIpc) is 3.05. The third-order valence-electron chi connectivity index (χ3n) is 4.42. The van der Waals surface area contributed by atoms with Gasteiger partial charge in [-0.2, -0.15) is 13.2 Å². The number of carbonyl (C=O) groups is 2. The fourth-order valence-corrected chi connectivity index (χ4v) is 4.80. The number of rotatable bonds is 7. The van der Waals surface area contributed by atoms with Crippen molar-refractivity contribution in [2.75, 3.05) is 25.2 Å². The number of anilines is 1. The monoisotopic (exact) mass is 575 g/mol. The lowest BCUT2D eigenvalue weighted by atomic mass is 10.1. The molecule has 0 aliphatic carbocycles. The molecule has 0 unspecified atom stereocenters. The van der Waals surface area contributed by atoms with Gasteiger partial charge in [-0.25, -0.2) is 4.79 Å². The van der Waals surface area contributed by atoms with E-state index >= 15 is 0 Å². The van der Waals surface area contributed by atoms with Gasteiger partial charge >= 0.3 is 12.1 Å². The molecule has 1 heterocycles. The van der Waals surface area contributed by atoms with Gasteiger partial charge in [-0.15, -0.1) is 0 Å². The zero-order valence-electron chi connectivity index (χ0n) is 17.8. The maximum absolute atomic E-state index is 13.1. The molecule has 1 amide bonds. The van der Waals surface area contributed by atoms with Crippen molar-refractivity contribution in [3.63, 3.8) is 0 Å². The van der Waals surface area contributed by atoms with Gasteiger partial charge in [0.25, 0.3) is 5.91 Å². The van der Waals surface area contributed by atoms with Crippen LogP contribution in [0.3, 0.4) is 0 Å². The van der Waals surface area contributed by atoms with E-state index < -0.39 is 23.6 Å². The standard InChI is InChI=1S/C22H17BrF3NO5S2/c1-3-31-16-8-12(7-15(23)19(16)32-11-18(28)30-2)9-17-20(29)27(21(33)34-17)14-6-4-5-13(10-14)22(24,25)26/h4-10H,3,11H2,1-2H3/b17-9+. The van der Waals surface area contributed by atoms with E-state index in [2.05, 4.69) is 20.7 Å². The van der Waals surface area contributed by atoms with Crippen LogP contribution in [0.2, 0.25) is 0 Å². The Kier molecular flexibility index (Phi) is 8.26. The molecule has 1 saturated heterocycles. The number of hydrogen-bond acceptors (Lipinski definition) is 7. The predicted molar refractivity (Wildman–Crippen MR) is 130 cm³/mol. The van der Waals surface area contributed by atoms with E-state index in [1.165, 1.54) is 19.2 Å². The first kappa shape index (κ1) is 26.0. The molecule has 0 bridgehead atoms. The molecule has 0 saturated carbocycles. The Balaban J connectivity index is 1.92. The summed E-state index contributed by atoms with van der Waals surface area (Å²) in [6, 6.07) is 7.67. The summed E-state index contributed by atoms with van der Waals surface area (Å²) in [6.07, 6.45) is -3.00. The van der Waals surface area contributed by atoms with Crippen molar-refractivity contribution in [1.82, 2.24) is 0 Å². The van der Waals surface area contributed by atoms with Crippen LogP contribution in [0.1, 0.15) is 18.1 Å². The number of carbonyl (C=O) groups excluding carboxylic acids is 2. The smallest absolute Gasteiger partial charge is 0.416 e. The second kappa shape index (κ2) is 10.8. The molecule has 34 heavy (non-hydrogen) atoms. The fourth-order valence-electron chi connectivity index (χ4n) is 2.93. The van der Waals surface area contributed by atoms with Gasteiger partial charge in [0.05, 0.1) is 34.3 Å². The van der Waals surface area contributed by atoms with E-state index in [9.17, 15) is 22.8 Å². The number of alkyl halides is 3. The topological polar surface area (TPSA) is 65.1 Å². The minimum atomic E-state index is -4.55. The molecular weight excluding hydrogens is 559 g/mol. The minimum absolute atomic E-state index is 0.0310. The number of esters is 1. The van der Waals surface area contributed by atoms with Crippen LogP contribution in [0.5, 0.6) is 11.5 Å². The van der Waals surface area contributed by atoms with Crippen molar-refractivity contribution < 1.29 is 37.0 Å². The highest BCUT2D eigenvalue weighted by atomic mass is 79.9. The molecule has 1 aliphatic rings. The highest BCUT2D eigenvalue weighted by molar-refractivity contribution is 9.10. The second-order valence-corrected chi connectivity index (χ2v) is 9.22. The van der Waals surface area contributed by atoms with E-state index in [1.54, 1.807) is 25.1 Å². The lowest BCUT2D eigenvalue weighted by molar-refractivity contribution is -0.143. The lowest BCUT2D eigenvalue weighted by Gasteiger charge is -2.16. The van der Waals surface area contributed by atoms with Gasteiger partial charge < -0.3 is 14.2 Å². The molecular formula is C22H17BrF3NO5S2. The zero-order valence-corrected chi connectivity index (χ0v) is 21.0. The first-order valence-electron chi connectivity index (χ1n) is 9.66. The molecule has 6 nitrogen and oxygen atoms in total. The number of methoxy groups -OCH3 is 1. The van der Waals surface area contributed by atoms with Crippen LogP contribution in [0.4, 0.5) is 18.9 Å². The summed E-state index contributed by atoms with van der Waals surface area (Å²) in [5.74, 6) is -0.521. The summed E-state index contributed by atoms with van der Waals surface area (Å²) >= 11 is 9.60. The maximum atomic E-state index is 13.1. The van der Waals surface area contributed by atoms with Gasteiger partial charge in [0.1, 0.15) is 0 Å². The second-order valence-electron chi connectivity index (χ2n) is 6.69. The Bertz CT molecular complexity index is 1170. The maximum Gasteiger partial charge on any atom is 0.416 e. The molecule has 0 spiro atoms. The number of benzene rings is 2. The highest BCUT2D eigenvalue weighted by Gasteiger charge is 2.36. The lowest BCUT2D eigenvalue weighted by Crippen LogP contribution is -2.27. The molecule has 0 N–H and O–H groups in total. The summed E-state index contributed by atoms with van der Waals surface area (Å²) in [5, 5.41) is 0. The van der Waals surface area contributed by atoms with Gasteiger partial charge in [0.2, 0.25) is 0 Å². The molecule has 180 valence electrons. The Hall–Kier alpha value is -2.57. The molecule has 2 aromatic rings. The summed E-state index contributed by atoms with van der Waals surface area (Å²) < 4.78 is 55.5. The first-order valence-corrected chi connectivity index (χ1v) is 11.7. The van der Waals surface area contributed by atoms with Crippen molar-refractivity contribution in [3.05, 3.63) is 56.9 Å². The number of thiocarbonyl (C=S) groups is 1. The van der Waals surface area contributed by atoms with Gasteiger partial charge in [-0.1, -0.05) is 30.0 Å². The SMILES string of the molecule is CCOc1cc(/C=C2/SC(=S)N(c3cccc(C(F)(F)F)c3)C2=O)cc(Br)c1OCC(=O)OC. The van der Waals surface area contributed by atoms with Gasteiger partial charge in [0.15, 0.2) is 22.4 Å². The number of halogens is 4. The fraction of sp³-hybridized carbons (Fsp3) is 0.227. The highest BCUT2D eigenvalue weighted by Crippen LogP contribution is 2.41. The largest absolute Gasteiger partial charge is 0.490 e. The van der Waals surface area contributed by atoms with Crippen molar-refractivity contribution in [1.29, 1.82) is 0 Å². The van der Waals surface area contributed by atoms with E-state index in [1.807, 2.05) is 0 Å². The minimum Gasteiger partial charge on any atom is -0.490 e. The van der Waals surface area contributed by atoms with E-state index in [-0.39, 0.29) is 27.3 Å². The van der Waals surface area contributed by atoms with Crippen LogP contribution < -0.4 is 14.4 Å². The van der Waals surface area contributed by atoms with Crippen LogP contribution in [0, 0.1) is 0 Å². The Morgan fingerprint density at radius 2 is 1.97 bits per heavy atom. The molecule has 2 aromatic carbocycles. The molecule has 0 radical (unpaired) electrons. The molecule has 0 aromatic heterocycles. The normalized spacial score (nSPS) is 15.1. The summed E-state index contributed by atoms with van der Waals surface area (Å²) in [7, 11) is 1.24. The third kappa shape index (κ3) is 5.91. The summed E-state index contributed by atoms with van der Waals surface area (Å²) in [4.78, 5) is 25.7. The van der Waals surface area contributed by atoms with Crippen LogP contribution in [-0.4, -0.2) is 36.5 Å². The van der Waals surface area contributed by atoms with Crippen LogP contribution in [0.15, 0.2) is 45.8 Å². The predicted octanol–water partition coefficient (Wildman–Crippen LogP) is 5.82. The number of nitrogens with zero attached hydrogens (tertiary/aromatic N) is 1. The zero-order chi connectivity index (χ0) is 25.0. The van der Waals surface area contributed by atoms with Crippen molar-refractivity contribution >= 4 is 67.9 Å². The van der Waals surface area contributed by atoms with Gasteiger partial charge in [0, 0.05) is 0 Å². The molecule has 0 atom stereocenters. The molecule has 12 heteroatoms. The van der Waals surface area contributed by atoms with E-state index in [0.717, 1.165) is 28.8 Å². The Morgan fingerprint density at radius 3 is 2.62 bits per heavy atom. The Labute approximate surface area is 211 Å². The molecule has 3 rings (SSSR count). The van der Waals surface area contributed by atoms with Crippen molar-refractivity contribution in [3.8, 4) is 11.5 Å². The third-order valence-corrected chi connectivity index (χ3v) is 6.31. The summed E-state index contributed by atoms with van der Waals surface area (Å²) in [5.41, 5.74) is -0.301. The van der Waals surface area contributed by atoms with Crippen LogP contribution in [-0.2, 0) is 20.5 Å². The average molecular weight is 576 g/mol. The van der Waals surface area contributed by atoms with Gasteiger partial charge in [-0.05, 0) is 64.8 Å². The molecule has 1 aliphatic heterocycles. The van der Waals surface area contributed by atoms with Crippen LogP contribution in [0.25, 0.3) is 6.08 Å². The number of ether oxygens (including phenoxy) is 3. The van der Waals surface area contributed by atoms with Crippen molar-refractivity contribution in [2.24, 2.45) is 0 Å². The number of amides is 1. The quantitative estimate of drug-likeness (QED) is 0.234. The Morgan fingerprint density at radius 1 is 1.24 bits per heavy atom. The summed E-state index contributed by atoms with van der Waals surface area (Å²) in [6.45, 7) is 1.75. The van der Waals surface area contributed by atoms with E-state index in [4.69, 9.17) is 21.7 Å².